The quantitative estimate of drug-likeness (QED) is 0.0269. The van der Waals surface area contributed by atoms with Gasteiger partial charge in [-0.3, -0.25) is 24.0 Å². The molecule has 0 bridgehead atoms. The van der Waals surface area contributed by atoms with Crippen LogP contribution in [0.2, 0.25) is 0 Å². The topological polar surface area (TPSA) is 242 Å². The fourth-order valence-corrected chi connectivity index (χ4v) is 16.6. The average Bonchev–Trinajstić information content (AvgIpc) is 4.34. The van der Waals surface area contributed by atoms with Crippen LogP contribution in [0.3, 0.4) is 0 Å². The van der Waals surface area contributed by atoms with Gasteiger partial charge in [-0.05, 0) is 102 Å². The summed E-state index contributed by atoms with van der Waals surface area (Å²) in [6.07, 6.45) is 49.3. The van der Waals surface area contributed by atoms with Gasteiger partial charge in [-0.1, -0.05) is 261 Å². The number of rotatable bonds is 19. The van der Waals surface area contributed by atoms with Crippen molar-refractivity contribution in [2.75, 3.05) is 31.6 Å². The highest BCUT2D eigenvalue weighted by Crippen LogP contribution is 2.38. The summed E-state index contributed by atoms with van der Waals surface area (Å²) >= 11 is 3.59. The molecule has 6 N–H and O–H groups in total. The second kappa shape index (κ2) is 45.4. The highest BCUT2D eigenvalue weighted by molar-refractivity contribution is 9.09. The fourth-order valence-electron chi connectivity index (χ4n) is 15.7. The van der Waals surface area contributed by atoms with Crippen LogP contribution in [0.25, 0.3) is 10.4 Å². The molecule has 10 rings (SSSR count). The Hall–Kier alpha value is -2.90. The Morgan fingerprint density at radius 2 is 1.00 bits per heavy atom. The number of aliphatic carboxylic acids is 3. The lowest BCUT2D eigenvalue weighted by Gasteiger charge is -2.19. The number of esters is 1. The standard InChI is InChI=1S/C9H17Br.C9H15N3O2.C9H17NO2.C9H15NO.C9H14O2.C9H18.C7H12O2.C7H14/c1-2-8(7-10)9-5-3-4-6-9;10-12-11-6-8(5-9(13)14)7-3-1-2-4-7;10-6-8(5-9(11)12)7-3-1-2-4-7;11-9-5-8(6-10-9)7-3-1-2-4-7;10-9-5-8(6-11-9)7-3-1-2-4-7;1-3-8(2)9-6-4-5-7-9;8-7(9)5-6-3-1-2-4-6;1-2-7-5-3-4-6-7/h8-9H,2-7H2,1H3;7-8H,1-6H2,(H,13,14);7-8H,1-6,10H2,(H,11,12);7-8H,1-6H2,(H,10,11);7-8H,1-6H2;8-9H,3-7H2,1-2H3;6H,1-5H2,(H,8,9);7H,2-6H2,1H3. The van der Waals surface area contributed by atoms with Crippen molar-refractivity contribution in [3.8, 4) is 0 Å². The zero-order valence-corrected chi connectivity index (χ0v) is 54.6. The van der Waals surface area contributed by atoms with Crippen molar-refractivity contribution >= 4 is 45.7 Å². The Morgan fingerprint density at radius 3 is 1.36 bits per heavy atom. The first kappa shape index (κ1) is 74.4. The number of nitrogens with zero attached hydrogens (tertiary/aromatic N) is 3. The maximum Gasteiger partial charge on any atom is 0.306 e. The molecular weight excluding hydrogens is 1110 g/mol. The SMILES string of the molecule is CCC(C)C1CCCC1.CCC(CBr)C1CCCC1.CCC1CCCC1.NCC(CC(=O)O)C1CCCC1.O=C(O)CC1CCCC1.O=C1CC(C2CCCC2)CN1.O=C1CC(C2CCCC2)CO1.[N-]=[N+]=NCC(CC(=O)O)C1CCCC1. The van der Waals surface area contributed by atoms with Crippen LogP contribution in [-0.4, -0.2) is 76.7 Å². The van der Waals surface area contributed by atoms with Crippen molar-refractivity contribution in [3.63, 3.8) is 0 Å². The first-order valence-corrected chi connectivity index (χ1v) is 35.6. The number of cyclic esters (lactones) is 1. The van der Waals surface area contributed by atoms with Gasteiger partial charge in [0.1, 0.15) is 0 Å². The number of nitrogens with one attached hydrogen (secondary N) is 1. The van der Waals surface area contributed by atoms with Gasteiger partial charge in [0.2, 0.25) is 5.91 Å². The maximum atomic E-state index is 10.9. The zero-order valence-electron chi connectivity index (χ0n) is 53.0. The van der Waals surface area contributed by atoms with Gasteiger partial charge in [0.25, 0.3) is 0 Å². The number of nitrogens with two attached hydrogens (primary N) is 1. The highest BCUT2D eigenvalue weighted by atomic mass is 79.9. The Morgan fingerprint density at radius 1 is 0.578 bits per heavy atom. The van der Waals surface area contributed by atoms with Crippen molar-refractivity contribution < 1.29 is 44.0 Å². The van der Waals surface area contributed by atoms with Crippen LogP contribution in [0.1, 0.15) is 285 Å². The van der Waals surface area contributed by atoms with Gasteiger partial charge in [0.05, 0.1) is 13.0 Å². The van der Waals surface area contributed by atoms with Crippen molar-refractivity contribution in [1.29, 1.82) is 0 Å². The molecule has 0 radical (unpaired) electrons. The van der Waals surface area contributed by atoms with Crippen LogP contribution in [0.5, 0.6) is 0 Å². The summed E-state index contributed by atoms with van der Waals surface area (Å²) in [5.74, 6) is 7.94. The van der Waals surface area contributed by atoms with E-state index in [0.29, 0.717) is 62.1 Å². The number of hydrogen-bond donors (Lipinski definition) is 5. The number of carboxylic acid groups (broad SMARTS) is 3. The van der Waals surface area contributed by atoms with Gasteiger partial charge in [-0.25, -0.2) is 0 Å². The van der Waals surface area contributed by atoms with Gasteiger partial charge < -0.3 is 31.1 Å². The number of halogens is 1. The minimum absolute atomic E-state index is 0.0156. The number of carbonyl (C=O) groups excluding carboxylic acids is 2. The van der Waals surface area contributed by atoms with E-state index in [-0.39, 0.29) is 36.6 Å². The number of carbonyl (C=O) groups is 5. The smallest absolute Gasteiger partial charge is 0.306 e. The van der Waals surface area contributed by atoms with Crippen molar-refractivity contribution in [1.82, 2.24) is 5.32 Å². The van der Waals surface area contributed by atoms with E-state index in [9.17, 15) is 24.0 Å². The number of alkyl halides is 1. The van der Waals surface area contributed by atoms with Crippen LogP contribution in [0, 0.1) is 82.9 Å². The number of amides is 1. The van der Waals surface area contributed by atoms with Crippen LogP contribution in [-0.2, 0) is 28.7 Å². The molecule has 0 aromatic carbocycles. The van der Waals surface area contributed by atoms with Crippen LogP contribution in [0.4, 0.5) is 0 Å². The predicted molar refractivity (Wildman–Crippen MR) is 340 cm³/mol. The lowest BCUT2D eigenvalue weighted by Crippen LogP contribution is -2.24. The molecule has 10 fully saturated rings. The van der Waals surface area contributed by atoms with Crippen molar-refractivity contribution in [2.45, 2.75) is 285 Å². The average molecular weight is 1230 g/mol. The lowest BCUT2D eigenvalue weighted by molar-refractivity contribution is -0.139. The van der Waals surface area contributed by atoms with Gasteiger partial charge in [-0.2, -0.15) is 0 Å². The van der Waals surface area contributed by atoms with Gasteiger partial charge in [0, 0.05) is 54.9 Å². The van der Waals surface area contributed by atoms with Crippen LogP contribution < -0.4 is 11.1 Å². The highest BCUT2D eigenvalue weighted by Gasteiger charge is 2.34. The van der Waals surface area contributed by atoms with Crippen LogP contribution >= 0.6 is 15.9 Å². The van der Waals surface area contributed by atoms with E-state index in [1.807, 2.05) is 0 Å². The second-order valence-corrected chi connectivity index (χ2v) is 27.7. The van der Waals surface area contributed by atoms with Gasteiger partial charge >= 0.3 is 23.9 Å². The fraction of sp³-hybridized carbons (Fsp3) is 0.926. The largest absolute Gasteiger partial charge is 0.481 e. The Labute approximate surface area is 512 Å². The van der Waals surface area contributed by atoms with Gasteiger partial charge in [-0.15, -0.1) is 0 Å². The minimum Gasteiger partial charge on any atom is -0.481 e. The summed E-state index contributed by atoms with van der Waals surface area (Å²) in [7, 11) is 0. The van der Waals surface area contributed by atoms with E-state index >= 15 is 0 Å². The molecule has 480 valence electrons. The van der Waals surface area contributed by atoms with Crippen molar-refractivity contribution in [2.24, 2.45) is 93.7 Å². The summed E-state index contributed by atoms with van der Waals surface area (Å²) in [5, 5.41) is 33.3. The Kier molecular flexibility index (Phi) is 40.7. The van der Waals surface area contributed by atoms with E-state index < -0.39 is 17.9 Å². The molecule has 0 spiro atoms. The summed E-state index contributed by atoms with van der Waals surface area (Å²) in [5.41, 5.74) is 13.7. The molecule has 2 saturated heterocycles. The summed E-state index contributed by atoms with van der Waals surface area (Å²) in [6, 6.07) is 0. The molecule has 1 amide bonds. The molecule has 8 saturated carbocycles. The number of carboxylic acids is 3. The molecule has 83 heavy (non-hydrogen) atoms. The van der Waals surface area contributed by atoms with E-state index in [1.165, 1.54) is 204 Å². The Balaban J connectivity index is 0.000000250. The molecule has 2 heterocycles. The first-order valence-electron chi connectivity index (χ1n) is 34.5. The van der Waals surface area contributed by atoms with E-state index in [0.717, 1.165) is 80.1 Å². The third kappa shape index (κ3) is 32.1. The zero-order chi connectivity index (χ0) is 60.6. The molecule has 15 heteroatoms. The first-order chi connectivity index (χ1) is 40.1. The molecule has 6 unspecified atom stereocenters. The summed E-state index contributed by atoms with van der Waals surface area (Å²) < 4.78 is 4.94. The normalized spacial score (nSPS) is 24.6. The van der Waals surface area contributed by atoms with E-state index in [1.54, 1.807) is 0 Å². The summed E-state index contributed by atoms with van der Waals surface area (Å²) in [6.45, 7) is 11.8. The molecule has 10 aliphatic rings. The maximum absolute atomic E-state index is 10.9. The van der Waals surface area contributed by atoms with E-state index in [2.05, 4.69) is 59.0 Å². The Bertz CT molecular complexity index is 1730. The molecule has 8 aliphatic carbocycles. The predicted octanol–water partition coefficient (Wildman–Crippen LogP) is 17.9. The molecule has 2 aliphatic heterocycles. The van der Waals surface area contributed by atoms with Crippen molar-refractivity contribution in [3.05, 3.63) is 10.4 Å². The molecular formula is C68H122BrN5O9. The number of azide groups is 1. The number of hydrogen-bond acceptors (Lipinski definition) is 8. The van der Waals surface area contributed by atoms with Crippen LogP contribution in [0.15, 0.2) is 5.11 Å². The molecule has 6 atom stereocenters. The van der Waals surface area contributed by atoms with Gasteiger partial charge in [0.15, 0.2) is 0 Å². The third-order valence-electron chi connectivity index (χ3n) is 21.3. The molecule has 0 aromatic rings. The minimum atomic E-state index is -0.796. The lowest BCUT2D eigenvalue weighted by atomic mass is 9.88. The summed E-state index contributed by atoms with van der Waals surface area (Å²) in [4.78, 5) is 55.6. The molecule has 14 nitrogen and oxygen atoms in total. The third-order valence-corrected chi connectivity index (χ3v) is 22.2. The molecule has 0 aromatic heterocycles. The van der Waals surface area contributed by atoms with E-state index in [4.69, 9.17) is 31.3 Å². The number of ether oxygens (including phenoxy) is 1. The monoisotopic (exact) mass is 1230 g/mol. The second-order valence-electron chi connectivity index (χ2n) is 27.1.